The molecule has 0 aromatic heterocycles. The molecule has 0 saturated carbocycles. The van der Waals surface area contributed by atoms with E-state index in [1.165, 1.54) is 18.9 Å². The molecule has 13 heavy (non-hydrogen) atoms. The van der Waals surface area contributed by atoms with Crippen LogP contribution in [-0.4, -0.2) is 8.07 Å². The predicted molar refractivity (Wildman–Crippen MR) is 61.5 cm³/mol. The highest BCUT2D eigenvalue weighted by molar-refractivity contribution is 6.89. The van der Waals surface area contributed by atoms with E-state index < -0.39 is 8.07 Å². The minimum atomic E-state index is -0.867. The van der Waals surface area contributed by atoms with Crippen molar-refractivity contribution in [3.8, 4) is 0 Å². The largest absolute Gasteiger partial charge is 0.0860 e. The lowest BCUT2D eigenvalue weighted by atomic mass is 10.1. The van der Waals surface area contributed by atoms with E-state index in [-0.39, 0.29) is 0 Å². The van der Waals surface area contributed by atoms with Gasteiger partial charge in [0.05, 0.1) is 8.07 Å². The van der Waals surface area contributed by atoms with E-state index >= 15 is 0 Å². The van der Waals surface area contributed by atoms with Crippen LogP contribution in [0, 0.1) is 5.92 Å². The molecule has 0 N–H and O–H groups in total. The number of hydrogen-bond acceptors (Lipinski definition) is 0. The lowest BCUT2D eigenvalue weighted by molar-refractivity contribution is 0.782. The van der Waals surface area contributed by atoms with E-state index in [0.717, 1.165) is 5.92 Å². The second-order valence-electron chi connectivity index (χ2n) is 4.54. The summed E-state index contributed by atoms with van der Waals surface area (Å²) in [6, 6.07) is 4.60. The van der Waals surface area contributed by atoms with E-state index in [4.69, 9.17) is 0 Å². The van der Waals surface area contributed by atoms with Gasteiger partial charge in [0, 0.05) is 0 Å². The van der Waals surface area contributed by atoms with E-state index in [0.29, 0.717) is 0 Å². The van der Waals surface area contributed by atoms with Crippen LogP contribution in [0.4, 0.5) is 0 Å². The molecule has 1 heterocycles. The molecule has 0 amide bonds. The van der Waals surface area contributed by atoms with Gasteiger partial charge in [-0.2, -0.15) is 0 Å². The normalized spacial score (nSPS) is 30.0. The number of allylic oxidation sites excluding steroid dienone is 4. The Morgan fingerprint density at radius 3 is 2.54 bits per heavy atom. The second-order valence-corrected chi connectivity index (χ2v) is 9.39. The fraction of sp³-hybridized carbons (Fsp3) is 0.667. The SMILES string of the molecule is CCC1C=CC([Si]2(CC)CCC2)=C1. The average molecular weight is 192 g/mol. The Morgan fingerprint density at radius 1 is 1.38 bits per heavy atom. The van der Waals surface area contributed by atoms with Gasteiger partial charge in [0.2, 0.25) is 0 Å². The zero-order valence-corrected chi connectivity index (χ0v) is 9.84. The van der Waals surface area contributed by atoms with Crippen molar-refractivity contribution >= 4 is 8.07 Å². The molecule has 1 fully saturated rings. The molecule has 0 radical (unpaired) electrons. The third-order valence-corrected chi connectivity index (χ3v) is 9.52. The van der Waals surface area contributed by atoms with Crippen molar-refractivity contribution in [2.75, 3.05) is 0 Å². The fourth-order valence-electron chi connectivity index (χ4n) is 2.63. The second kappa shape index (κ2) is 3.45. The Morgan fingerprint density at radius 2 is 2.15 bits per heavy atom. The van der Waals surface area contributed by atoms with Gasteiger partial charge in [-0.1, -0.05) is 61.8 Å². The van der Waals surface area contributed by atoms with Crippen LogP contribution in [-0.2, 0) is 0 Å². The Labute approximate surface area is 82.7 Å². The molecule has 0 aromatic carbocycles. The highest BCUT2D eigenvalue weighted by Gasteiger charge is 2.40. The molecule has 2 aliphatic rings. The van der Waals surface area contributed by atoms with Crippen LogP contribution in [0.25, 0.3) is 0 Å². The molecule has 1 aliphatic carbocycles. The molecule has 1 atom stereocenters. The van der Waals surface area contributed by atoms with Gasteiger partial charge in [0.1, 0.15) is 0 Å². The molecule has 72 valence electrons. The molecule has 0 bridgehead atoms. The minimum Gasteiger partial charge on any atom is -0.0784 e. The zero-order chi connectivity index (χ0) is 9.31. The molecule has 1 heteroatoms. The summed E-state index contributed by atoms with van der Waals surface area (Å²) in [6.07, 6.45) is 10.2. The van der Waals surface area contributed by atoms with E-state index in [1.54, 1.807) is 17.3 Å². The van der Waals surface area contributed by atoms with Crippen LogP contribution in [0.2, 0.25) is 18.1 Å². The first-order valence-corrected chi connectivity index (χ1v) is 8.33. The monoisotopic (exact) mass is 192 g/mol. The third-order valence-electron chi connectivity index (χ3n) is 3.99. The topological polar surface area (TPSA) is 0 Å². The number of hydrogen-bond donors (Lipinski definition) is 0. The quantitative estimate of drug-likeness (QED) is 0.595. The van der Waals surface area contributed by atoms with E-state index in [1.807, 2.05) is 0 Å². The predicted octanol–water partition coefficient (Wildman–Crippen LogP) is 3.92. The first kappa shape index (κ1) is 9.26. The molecule has 1 aliphatic heterocycles. The van der Waals surface area contributed by atoms with Crippen LogP contribution in [0.5, 0.6) is 0 Å². The van der Waals surface area contributed by atoms with Crippen LogP contribution in [0.1, 0.15) is 26.7 Å². The van der Waals surface area contributed by atoms with Crippen LogP contribution < -0.4 is 0 Å². The summed E-state index contributed by atoms with van der Waals surface area (Å²) in [7, 11) is -0.867. The molecular weight excluding hydrogens is 172 g/mol. The lowest BCUT2D eigenvalue weighted by Gasteiger charge is -2.40. The molecule has 2 rings (SSSR count). The first-order valence-electron chi connectivity index (χ1n) is 5.71. The Bertz CT molecular complexity index is 240. The van der Waals surface area contributed by atoms with E-state index in [9.17, 15) is 0 Å². The van der Waals surface area contributed by atoms with Crippen molar-refractivity contribution in [1.29, 1.82) is 0 Å². The summed E-state index contributed by atoms with van der Waals surface area (Å²) >= 11 is 0. The van der Waals surface area contributed by atoms with Crippen molar-refractivity contribution in [2.24, 2.45) is 5.92 Å². The van der Waals surface area contributed by atoms with Gasteiger partial charge in [-0.05, 0) is 12.3 Å². The molecule has 1 saturated heterocycles. The molecule has 1 unspecified atom stereocenters. The number of rotatable bonds is 3. The maximum absolute atomic E-state index is 2.56. The van der Waals surface area contributed by atoms with Crippen molar-refractivity contribution in [1.82, 2.24) is 0 Å². The minimum absolute atomic E-state index is 0.770. The van der Waals surface area contributed by atoms with Crippen molar-refractivity contribution in [3.05, 3.63) is 23.4 Å². The summed E-state index contributed by atoms with van der Waals surface area (Å²) in [5.74, 6) is 0.770. The van der Waals surface area contributed by atoms with Crippen LogP contribution >= 0.6 is 0 Å². The van der Waals surface area contributed by atoms with Crippen LogP contribution in [0.3, 0.4) is 0 Å². The summed E-state index contributed by atoms with van der Waals surface area (Å²) in [6.45, 7) is 4.69. The van der Waals surface area contributed by atoms with E-state index in [2.05, 4.69) is 32.1 Å². The molecule has 0 spiro atoms. The van der Waals surface area contributed by atoms with Gasteiger partial charge in [-0.25, -0.2) is 0 Å². The Hall–Kier alpha value is -0.303. The van der Waals surface area contributed by atoms with Gasteiger partial charge in [-0.3, -0.25) is 0 Å². The third kappa shape index (κ3) is 1.43. The Balaban J connectivity index is 2.13. The summed E-state index contributed by atoms with van der Waals surface area (Å²) < 4.78 is 0. The smallest absolute Gasteiger partial charge is 0.0784 e. The Kier molecular flexibility index (Phi) is 2.46. The lowest BCUT2D eigenvalue weighted by Crippen LogP contribution is -2.42. The molecular formula is C12H20Si. The van der Waals surface area contributed by atoms with Crippen LogP contribution in [0.15, 0.2) is 23.4 Å². The highest BCUT2D eigenvalue weighted by atomic mass is 28.3. The van der Waals surface area contributed by atoms with Gasteiger partial charge in [0.25, 0.3) is 0 Å². The fourth-order valence-corrected chi connectivity index (χ4v) is 6.54. The summed E-state index contributed by atoms with van der Waals surface area (Å²) in [5.41, 5.74) is 0. The molecule has 0 nitrogen and oxygen atoms in total. The van der Waals surface area contributed by atoms with Crippen molar-refractivity contribution in [2.45, 2.75) is 44.8 Å². The maximum atomic E-state index is 2.56. The highest BCUT2D eigenvalue weighted by Crippen LogP contribution is 2.43. The summed E-state index contributed by atoms with van der Waals surface area (Å²) in [4.78, 5) is 0. The first-order chi connectivity index (χ1) is 6.30. The van der Waals surface area contributed by atoms with Gasteiger partial charge in [-0.15, -0.1) is 0 Å². The van der Waals surface area contributed by atoms with Gasteiger partial charge in [0.15, 0.2) is 0 Å². The van der Waals surface area contributed by atoms with Gasteiger partial charge >= 0.3 is 0 Å². The zero-order valence-electron chi connectivity index (χ0n) is 8.84. The van der Waals surface area contributed by atoms with Crippen molar-refractivity contribution < 1.29 is 0 Å². The standard InChI is InChI=1S/C12H20Si/c1-3-11-6-7-12(10-11)13(4-2)8-5-9-13/h6-7,10-11H,3-5,8-9H2,1-2H3. The maximum Gasteiger partial charge on any atom is 0.0860 e. The van der Waals surface area contributed by atoms with Crippen molar-refractivity contribution in [3.63, 3.8) is 0 Å². The average Bonchev–Trinajstić information content (AvgIpc) is 2.52. The van der Waals surface area contributed by atoms with Gasteiger partial charge < -0.3 is 0 Å². The molecule has 0 aromatic rings. The summed E-state index contributed by atoms with van der Waals surface area (Å²) in [5, 5.41) is 1.79.